The summed E-state index contributed by atoms with van der Waals surface area (Å²) >= 11 is 0. The van der Waals surface area contributed by atoms with Crippen molar-refractivity contribution in [2.24, 2.45) is 0 Å². The third kappa shape index (κ3) is 38.0. The summed E-state index contributed by atoms with van der Waals surface area (Å²) in [5.74, 6) is 0. The van der Waals surface area contributed by atoms with Gasteiger partial charge < -0.3 is 0 Å². The Morgan fingerprint density at radius 2 is 0.738 bits per heavy atom. The van der Waals surface area contributed by atoms with Crippen molar-refractivity contribution in [3.8, 4) is 0 Å². The van der Waals surface area contributed by atoms with Crippen LogP contribution in [0.5, 0.6) is 0 Å². The van der Waals surface area contributed by atoms with Gasteiger partial charge in [-0.05, 0) is 0 Å². The van der Waals surface area contributed by atoms with E-state index in [1.165, 1.54) is 12.8 Å². The summed E-state index contributed by atoms with van der Waals surface area (Å²) in [6.07, 6.45) is 77.5. The smallest absolute Gasteiger partial charge is 0.275 e. The molecule has 0 amide bonds. The Morgan fingerprint density at radius 3 is 1.26 bits per heavy atom. The molecule has 0 saturated heterocycles. The molecule has 0 atom stereocenters. The van der Waals surface area contributed by atoms with Crippen molar-refractivity contribution in [1.29, 1.82) is 0 Å². The van der Waals surface area contributed by atoms with E-state index in [1.807, 2.05) is 122 Å². The first-order chi connectivity index (χ1) is 19.5. The fraction of sp³-hybridized carbons (Fsp3) is 0.179. The van der Waals surface area contributed by atoms with Gasteiger partial charge in [-0.25, -0.2) is 60.8 Å². The van der Waals surface area contributed by atoms with E-state index >= 15 is 0 Å². The summed E-state index contributed by atoms with van der Waals surface area (Å²) in [5.41, 5.74) is 0. The van der Waals surface area contributed by atoms with Gasteiger partial charge in [0, 0.05) is 0 Å². The van der Waals surface area contributed by atoms with Crippen LogP contribution in [0.3, 0.4) is 0 Å². The minimum Gasteiger partial charge on any atom is -0.275 e. The Labute approximate surface area is 302 Å². The molecule has 0 N–H and O–H groups in total. The third-order valence-corrected chi connectivity index (χ3v) is 4.66. The standard InChI is InChI=1S/C8H7.C7H9.2C7H7.2C5H5.3Ti/c1-2-4-6-8-7-5-3-1;3*1-2-4-6-7-5-3-1;2*1-2-4-5-3-1;;;/h1-7H;1-3H,4,6-7H2;2*1-5H,6H2;2*1-3H,4H2;;;/q6*-1;3*+2. The first kappa shape index (κ1) is 44.4. The molecule has 42 heavy (non-hydrogen) atoms. The molecular weight excluding hydrogens is 612 g/mol. The molecule has 0 spiro atoms. The molecule has 0 aromatic rings. The van der Waals surface area contributed by atoms with Crippen LogP contribution < -0.4 is 0 Å². The van der Waals surface area contributed by atoms with Gasteiger partial charge in [0.15, 0.2) is 0 Å². The second kappa shape index (κ2) is 41.1. The first-order valence-electron chi connectivity index (χ1n) is 13.5. The maximum atomic E-state index is 3.14. The van der Waals surface area contributed by atoms with Crippen LogP contribution in [-0.2, 0) is 65.2 Å². The van der Waals surface area contributed by atoms with Crippen molar-refractivity contribution in [2.45, 2.75) is 44.9 Å². The van der Waals surface area contributed by atoms with E-state index in [1.54, 1.807) is 0 Å². The molecule has 0 heterocycles. The maximum absolute atomic E-state index is 3.14. The van der Waals surface area contributed by atoms with Crippen molar-refractivity contribution in [1.82, 2.24) is 0 Å². The molecule has 6 aliphatic rings. The Balaban J connectivity index is -0.000000431. The number of rotatable bonds is 0. The van der Waals surface area contributed by atoms with E-state index in [2.05, 4.69) is 72.9 Å². The quantitative estimate of drug-likeness (QED) is 0.181. The molecule has 0 unspecified atom stereocenters. The second-order valence-electron chi connectivity index (χ2n) is 7.94. The Kier molecular flexibility index (Phi) is 43.5. The molecule has 208 valence electrons. The van der Waals surface area contributed by atoms with Gasteiger partial charge in [0.05, 0.1) is 0 Å². The molecule has 0 aromatic carbocycles. The molecular formula is C39H40Ti3. The zero-order valence-electron chi connectivity index (χ0n) is 24.5. The molecule has 0 radical (unpaired) electrons. The monoisotopic (exact) mass is 652 g/mol. The normalized spacial score (nSPS) is 16.2. The Morgan fingerprint density at radius 1 is 0.333 bits per heavy atom. The van der Waals surface area contributed by atoms with Gasteiger partial charge in [0.1, 0.15) is 0 Å². The minimum absolute atomic E-state index is 0. The summed E-state index contributed by atoms with van der Waals surface area (Å²) < 4.78 is 0. The summed E-state index contributed by atoms with van der Waals surface area (Å²) in [7, 11) is 0. The predicted molar refractivity (Wildman–Crippen MR) is 171 cm³/mol. The largest absolute Gasteiger partial charge is 2.00 e. The Hall–Kier alpha value is -2.02. The molecule has 0 aromatic heterocycles. The predicted octanol–water partition coefficient (Wildman–Crippen LogP) is 10.4. The molecule has 0 aliphatic heterocycles. The van der Waals surface area contributed by atoms with Crippen LogP contribution >= 0.6 is 0 Å². The van der Waals surface area contributed by atoms with Crippen LogP contribution in [0.25, 0.3) is 0 Å². The summed E-state index contributed by atoms with van der Waals surface area (Å²) in [5, 5.41) is 0. The fourth-order valence-electron chi connectivity index (χ4n) is 2.73. The average Bonchev–Trinajstić information content (AvgIpc) is 3.49. The third-order valence-electron chi connectivity index (χ3n) is 4.66. The molecule has 0 nitrogen and oxygen atoms in total. The van der Waals surface area contributed by atoms with Crippen LogP contribution in [0.2, 0.25) is 0 Å². The van der Waals surface area contributed by atoms with Gasteiger partial charge in [-0.15, -0.1) is 43.6 Å². The van der Waals surface area contributed by atoms with E-state index in [0.29, 0.717) is 0 Å². The summed E-state index contributed by atoms with van der Waals surface area (Å²) in [6, 6.07) is 0. The van der Waals surface area contributed by atoms with Crippen LogP contribution in [0.4, 0.5) is 0 Å². The van der Waals surface area contributed by atoms with E-state index in [9.17, 15) is 0 Å². The van der Waals surface area contributed by atoms with Crippen LogP contribution in [0.15, 0.2) is 158 Å². The number of allylic oxidation sites excluding steroid dienone is 32. The van der Waals surface area contributed by atoms with E-state index < -0.39 is 0 Å². The van der Waals surface area contributed by atoms with E-state index in [-0.39, 0.29) is 65.2 Å². The summed E-state index contributed by atoms with van der Waals surface area (Å²) in [6.45, 7) is 0. The van der Waals surface area contributed by atoms with Crippen molar-refractivity contribution in [3.63, 3.8) is 0 Å². The number of hydrogen-bond acceptors (Lipinski definition) is 0. The molecule has 3 heteroatoms. The molecule has 0 fully saturated rings. The minimum atomic E-state index is 0. The maximum Gasteiger partial charge on any atom is 2.00 e. The summed E-state index contributed by atoms with van der Waals surface area (Å²) in [4.78, 5) is 0. The van der Waals surface area contributed by atoms with Crippen molar-refractivity contribution >= 4 is 0 Å². The van der Waals surface area contributed by atoms with E-state index in [0.717, 1.165) is 32.1 Å². The average molecular weight is 652 g/mol. The van der Waals surface area contributed by atoms with Crippen molar-refractivity contribution < 1.29 is 65.2 Å². The second-order valence-corrected chi connectivity index (χ2v) is 7.94. The van der Waals surface area contributed by atoms with Crippen LogP contribution in [0.1, 0.15) is 44.9 Å². The van der Waals surface area contributed by atoms with Crippen LogP contribution in [-0.4, -0.2) is 0 Å². The van der Waals surface area contributed by atoms with Crippen LogP contribution in [0, 0.1) is 36.5 Å². The fourth-order valence-corrected chi connectivity index (χ4v) is 2.73. The Bertz CT molecular complexity index is 903. The molecule has 0 saturated carbocycles. The van der Waals surface area contributed by atoms with E-state index in [4.69, 9.17) is 0 Å². The topological polar surface area (TPSA) is 0 Å². The zero-order valence-corrected chi connectivity index (χ0v) is 29.1. The first-order valence-corrected chi connectivity index (χ1v) is 13.5. The number of hydrogen-bond donors (Lipinski definition) is 0. The van der Waals surface area contributed by atoms with Crippen molar-refractivity contribution in [2.75, 3.05) is 0 Å². The zero-order chi connectivity index (χ0) is 27.6. The molecule has 0 bridgehead atoms. The van der Waals surface area contributed by atoms with Gasteiger partial charge in [-0.3, -0.25) is 30.4 Å². The van der Waals surface area contributed by atoms with Gasteiger partial charge in [-0.1, -0.05) is 56.1 Å². The van der Waals surface area contributed by atoms with Gasteiger partial charge in [0.2, 0.25) is 0 Å². The molecule has 6 rings (SSSR count). The van der Waals surface area contributed by atoms with Gasteiger partial charge in [0.25, 0.3) is 0 Å². The SMILES string of the molecule is [C-]1=CC=CC1.[C-]1=CC=CC1.[C-]1=CC=CC=CC1.[C-]1=CC=CC=CC1.[C-]1=CC=CC=CC=C1.[C-]1=CC=CCCC1.[Ti+2].[Ti+2].[Ti+2]. The van der Waals surface area contributed by atoms with Gasteiger partial charge in [-0.2, -0.15) is 48.6 Å². The van der Waals surface area contributed by atoms with Gasteiger partial charge >= 0.3 is 65.2 Å². The van der Waals surface area contributed by atoms with Crippen molar-refractivity contribution in [3.05, 3.63) is 194 Å². The molecule has 6 aliphatic carbocycles.